The van der Waals surface area contributed by atoms with E-state index in [1.54, 1.807) is 0 Å². The summed E-state index contributed by atoms with van der Waals surface area (Å²) in [6, 6.07) is 0. The first-order valence-electron chi connectivity index (χ1n) is 6.12. The zero-order valence-corrected chi connectivity index (χ0v) is 11.2. The van der Waals surface area contributed by atoms with Crippen LogP contribution in [0.4, 0.5) is 0 Å². The fraction of sp³-hybridized carbons (Fsp3) is 0.583. The van der Waals surface area contributed by atoms with Crippen LogP contribution in [-0.2, 0) is 16.1 Å². The summed E-state index contributed by atoms with van der Waals surface area (Å²) in [5, 5.41) is 2.70. The van der Waals surface area contributed by atoms with Crippen LogP contribution in [0.5, 0.6) is 0 Å². The molecule has 3 N–H and O–H groups in total. The molecule has 1 amide bonds. The lowest BCUT2D eigenvalue weighted by Gasteiger charge is -2.08. The van der Waals surface area contributed by atoms with Gasteiger partial charge in [-0.15, -0.1) is 0 Å². The van der Waals surface area contributed by atoms with E-state index in [4.69, 9.17) is 4.55 Å². The number of amides is 1. The maximum Gasteiger partial charge on any atom is 0.235 e. The maximum atomic E-state index is 11.2. The van der Waals surface area contributed by atoms with E-state index in [0.717, 1.165) is 32.1 Å². The van der Waals surface area contributed by atoms with Crippen molar-refractivity contribution in [2.75, 3.05) is 13.1 Å². The van der Waals surface area contributed by atoms with Gasteiger partial charge in [-0.2, -0.15) is 0 Å². The minimum atomic E-state index is -2.12. The zero-order valence-electron chi connectivity index (χ0n) is 10.4. The van der Waals surface area contributed by atoms with Crippen molar-refractivity contribution in [3.63, 3.8) is 0 Å². The van der Waals surface area contributed by atoms with Crippen molar-refractivity contribution in [1.82, 2.24) is 10.0 Å². The van der Waals surface area contributed by atoms with Crippen molar-refractivity contribution >= 4 is 17.2 Å². The molecule has 0 aromatic heterocycles. The highest BCUT2D eigenvalue weighted by Gasteiger charge is 2.02. The Morgan fingerprint density at radius 2 is 2.22 bits per heavy atom. The second-order valence-electron chi connectivity index (χ2n) is 4.15. The van der Waals surface area contributed by atoms with Gasteiger partial charge in [-0.25, -0.2) is 8.93 Å². The monoisotopic (exact) mass is 272 g/mol. The zero-order chi connectivity index (χ0) is 13.2. The van der Waals surface area contributed by atoms with Crippen LogP contribution in [0.15, 0.2) is 23.8 Å². The van der Waals surface area contributed by atoms with Crippen molar-refractivity contribution in [3.8, 4) is 0 Å². The molecule has 1 aliphatic rings. The molecular formula is C12H20N2O3S. The number of carbonyl (C=O) groups is 1. The average molecular weight is 272 g/mol. The highest BCUT2D eigenvalue weighted by Crippen LogP contribution is 2.16. The van der Waals surface area contributed by atoms with Crippen LogP contribution in [0.3, 0.4) is 0 Å². The van der Waals surface area contributed by atoms with Crippen LogP contribution in [-0.4, -0.2) is 27.8 Å². The molecule has 0 aliphatic heterocycles. The van der Waals surface area contributed by atoms with Crippen molar-refractivity contribution in [3.05, 3.63) is 23.8 Å². The van der Waals surface area contributed by atoms with Gasteiger partial charge in [-0.05, 0) is 32.1 Å². The summed E-state index contributed by atoms with van der Waals surface area (Å²) in [4.78, 5) is 11.2. The molecule has 1 unspecified atom stereocenters. The van der Waals surface area contributed by atoms with Crippen molar-refractivity contribution in [1.29, 1.82) is 0 Å². The molecule has 0 aromatic rings. The third-order valence-electron chi connectivity index (χ3n) is 2.69. The Labute approximate surface area is 110 Å². The molecule has 102 valence electrons. The summed E-state index contributed by atoms with van der Waals surface area (Å²) >= 11 is -2.12. The standard InChI is InChI=1S/C12H20N2O3S/c15-12(10-14-18(16)17)13-9-5-4-8-11-6-2-1-3-7-11/h1-2,7,14H,3-6,8-10H2,(H,13,15)(H,16,17). The average Bonchev–Trinajstić information content (AvgIpc) is 2.37. The number of nitrogens with one attached hydrogen (secondary N) is 2. The fourth-order valence-electron chi connectivity index (χ4n) is 1.75. The van der Waals surface area contributed by atoms with E-state index in [2.05, 4.69) is 28.3 Å². The van der Waals surface area contributed by atoms with E-state index in [1.807, 2.05) is 0 Å². The lowest BCUT2D eigenvalue weighted by Crippen LogP contribution is -2.34. The molecule has 18 heavy (non-hydrogen) atoms. The Bertz CT molecular complexity index is 353. The van der Waals surface area contributed by atoms with Gasteiger partial charge in [0.15, 0.2) is 0 Å². The Morgan fingerprint density at radius 3 is 2.89 bits per heavy atom. The van der Waals surface area contributed by atoms with Crippen molar-refractivity contribution in [2.45, 2.75) is 32.1 Å². The molecule has 1 atom stereocenters. The molecule has 6 heteroatoms. The summed E-state index contributed by atoms with van der Waals surface area (Å²) in [6.07, 6.45) is 11.8. The van der Waals surface area contributed by atoms with Crippen molar-refractivity contribution < 1.29 is 13.6 Å². The summed E-state index contributed by atoms with van der Waals surface area (Å²) in [5.41, 5.74) is 1.47. The molecule has 0 bridgehead atoms. The minimum Gasteiger partial charge on any atom is -0.355 e. The largest absolute Gasteiger partial charge is 0.355 e. The molecule has 5 nitrogen and oxygen atoms in total. The Kier molecular flexibility index (Phi) is 7.55. The smallest absolute Gasteiger partial charge is 0.235 e. The number of unbranched alkanes of at least 4 members (excludes halogenated alkanes) is 1. The summed E-state index contributed by atoms with van der Waals surface area (Å²) in [7, 11) is 0. The topological polar surface area (TPSA) is 78.4 Å². The van der Waals surface area contributed by atoms with Crippen molar-refractivity contribution in [2.24, 2.45) is 0 Å². The van der Waals surface area contributed by atoms with Gasteiger partial charge >= 0.3 is 0 Å². The molecular weight excluding hydrogens is 252 g/mol. The third-order valence-corrected chi connectivity index (χ3v) is 3.08. The Balaban J connectivity index is 1.96. The van der Waals surface area contributed by atoms with Gasteiger partial charge < -0.3 is 5.32 Å². The molecule has 0 heterocycles. The quantitative estimate of drug-likeness (QED) is 0.354. The Morgan fingerprint density at radius 1 is 1.39 bits per heavy atom. The number of hydrogen-bond donors (Lipinski definition) is 3. The first-order chi connectivity index (χ1) is 8.68. The van der Waals surface area contributed by atoms with E-state index in [-0.39, 0.29) is 12.5 Å². The normalized spacial score (nSPS) is 16.2. The second kappa shape index (κ2) is 9.02. The lowest BCUT2D eigenvalue weighted by atomic mass is 10.0. The maximum absolute atomic E-state index is 11.2. The van der Waals surface area contributed by atoms with Crippen LogP contribution >= 0.6 is 0 Å². The van der Waals surface area contributed by atoms with Gasteiger partial charge in [0.2, 0.25) is 17.2 Å². The van der Waals surface area contributed by atoms with E-state index in [0.29, 0.717) is 6.54 Å². The number of allylic oxidation sites excluding steroid dienone is 4. The van der Waals surface area contributed by atoms with Crippen LogP contribution in [0.25, 0.3) is 0 Å². The molecule has 0 saturated carbocycles. The van der Waals surface area contributed by atoms with Gasteiger partial charge in [0.05, 0.1) is 6.54 Å². The van der Waals surface area contributed by atoms with Gasteiger partial charge in [0, 0.05) is 6.54 Å². The lowest BCUT2D eigenvalue weighted by molar-refractivity contribution is -0.119. The van der Waals surface area contributed by atoms with Gasteiger partial charge in [0.1, 0.15) is 0 Å². The van der Waals surface area contributed by atoms with E-state index >= 15 is 0 Å². The van der Waals surface area contributed by atoms with Gasteiger partial charge in [-0.3, -0.25) is 9.35 Å². The summed E-state index contributed by atoms with van der Waals surface area (Å²) in [5.74, 6) is -0.253. The fourth-order valence-corrected chi connectivity index (χ4v) is 2.00. The minimum absolute atomic E-state index is 0.126. The van der Waals surface area contributed by atoms with E-state index in [9.17, 15) is 9.00 Å². The van der Waals surface area contributed by atoms with Crippen LogP contribution in [0.2, 0.25) is 0 Å². The van der Waals surface area contributed by atoms with E-state index < -0.39 is 11.3 Å². The van der Waals surface area contributed by atoms with Crippen LogP contribution < -0.4 is 10.0 Å². The highest BCUT2D eigenvalue weighted by molar-refractivity contribution is 7.77. The van der Waals surface area contributed by atoms with Crippen LogP contribution in [0, 0.1) is 0 Å². The van der Waals surface area contributed by atoms with Crippen LogP contribution in [0.1, 0.15) is 32.1 Å². The molecule has 1 aliphatic carbocycles. The molecule has 0 aromatic carbocycles. The highest BCUT2D eigenvalue weighted by atomic mass is 32.2. The van der Waals surface area contributed by atoms with E-state index in [1.165, 1.54) is 5.57 Å². The summed E-state index contributed by atoms with van der Waals surface area (Å²) < 4.78 is 20.8. The molecule has 0 radical (unpaired) electrons. The predicted molar refractivity (Wildman–Crippen MR) is 72.1 cm³/mol. The molecule has 0 spiro atoms. The molecule has 1 rings (SSSR count). The first kappa shape index (κ1) is 15.1. The summed E-state index contributed by atoms with van der Waals surface area (Å²) in [6.45, 7) is 0.487. The number of carbonyl (C=O) groups excluding carboxylic acids is 1. The molecule has 0 saturated heterocycles. The number of hydrogen-bond acceptors (Lipinski definition) is 2. The third kappa shape index (κ3) is 7.37. The first-order valence-corrected chi connectivity index (χ1v) is 7.23. The second-order valence-corrected chi connectivity index (χ2v) is 4.94. The predicted octanol–water partition coefficient (Wildman–Crippen LogP) is 1.28. The van der Waals surface area contributed by atoms with Gasteiger partial charge in [0.25, 0.3) is 0 Å². The molecule has 0 fully saturated rings. The Hall–Kier alpha value is -0.980. The SMILES string of the molecule is O=C(CNS(=O)O)NCCCCC1=CCC=CC1. The van der Waals surface area contributed by atoms with Gasteiger partial charge in [-0.1, -0.05) is 23.8 Å². The number of rotatable bonds is 8.